The smallest absolute Gasteiger partial charge is 0.328 e. The molecule has 3 rings (SSSR count). The van der Waals surface area contributed by atoms with E-state index in [1.807, 2.05) is 66.7 Å². The van der Waals surface area contributed by atoms with Gasteiger partial charge < -0.3 is 9.84 Å². The van der Waals surface area contributed by atoms with Gasteiger partial charge in [-0.05, 0) is 24.3 Å². The Labute approximate surface area is 165 Å². The molecule has 0 saturated carbocycles. The maximum Gasteiger partial charge on any atom is 0.328 e. The monoisotopic (exact) mass is 368 g/mol. The van der Waals surface area contributed by atoms with E-state index < -0.39 is 11.4 Å². The van der Waals surface area contributed by atoms with E-state index in [4.69, 9.17) is 9.84 Å². The third kappa shape index (κ3) is 5.01. The predicted octanol–water partition coefficient (Wildman–Crippen LogP) is 3.50. The fourth-order valence-corrected chi connectivity index (χ4v) is 2.76. The largest absolute Gasteiger partial charge is 0.462 e. The molecule has 1 unspecified atom stereocenters. The maximum atomic E-state index is 12.8. The van der Waals surface area contributed by atoms with Gasteiger partial charge >= 0.3 is 5.97 Å². The van der Waals surface area contributed by atoms with Crippen LogP contribution in [0.25, 0.3) is 0 Å². The zero-order valence-corrected chi connectivity index (χ0v) is 15.4. The summed E-state index contributed by atoms with van der Waals surface area (Å²) < 4.78 is 5.22. The van der Waals surface area contributed by atoms with Gasteiger partial charge in [0.15, 0.2) is 5.41 Å². The minimum atomic E-state index is -1.12. The molecule has 0 aromatic heterocycles. The Morgan fingerprint density at radius 2 is 1.61 bits per heavy atom. The highest BCUT2D eigenvalue weighted by molar-refractivity contribution is 5.84. The minimum absolute atomic E-state index is 0.0593. The molecule has 1 aliphatic rings. The number of rotatable bonds is 3. The van der Waals surface area contributed by atoms with Crippen molar-refractivity contribution in [3.8, 4) is 23.7 Å². The van der Waals surface area contributed by atoms with Crippen LogP contribution in [-0.2, 0) is 9.53 Å². The maximum absolute atomic E-state index is 12.8. The molecular formula is C25H20O3. The van der Waals surface area contributed by atoms with Crippen molar-refractivity contribution in [2.24, 2.45) is 5.41 Å². The third-order valence-corrected chi connectivity index (χ3v) is 4.18. The lowest BCUT2D eigenvalue weighted by Crippen LogP contribution is -2.32. The molecule has 0 heterocycles. The number of aliphatic hydroxyl groups is 1. The second-order valence-corrected chi connectivity index (χ2v) is 6.29. The standard InChI is InChI=1S/C25H20O3/c26-18-19-28-24(27)25(17-15-22-10-5-2-6-11-22)16-7-12-23(20-25)14-13-21-8-3-1-4-9-21/h1-12,16,26H,18-20H2. The second kappa shape index (κ2) is 9.42. The fraction of sp³-hybridized carbons (Fsp3) is 0.160. The van der Waals surface area contributed by atoms with Crippen molar-refractivity contribution in [3.63, 3.8) is 0 Å². The summed E-state index contributed by atoms with van der Waals surface area (Å²) in [4.78, 5) is 12.8. The molecule has 1 aliphatic carbocycles. The lowest BCUT2D eigenvalue weighted by Gasteiger charge is -2.25. The second-order valence-electron chi connectivity index (χ2n) is 6.29. The highest BCUT2D eigenvalue weighted by Crippen LogP contribution is 2.33. The molecule has 0 aliphatic heterocycles. The summed E-state index contributed by atoms with van der Waals surface area (Å²) in [5.41, 5.74) is 1.40. The van der Waals surface area contributed by atoms with E-state index >= 15 is 0 Å². The van der Waals surface area contributed by atoms with Gasteiger partial charge in [-0.2, -0.15) is 0 Å². The Kier molecular flexibility index (Phi) is 6.47. The number of carbonyl (C=O) groups is 1. The fourth-order valence-electron chi connectivity index (χ4n) is 2.76. The lowest BCUT2D eigenvalue weighted by atomic mass is 9.78. The van der Waals surface area contributed by atoms with Crippen LogP contribution in [-0.4, -0.2) is 24.3 Å². The van der Waals surface area contributed by atoms with E-state index in [1.165, 1.54) is 0 Å². The van der Waals surface area contributed by atoms with Gasteiger partial charge in [0.05, 0.1) is 6.61 Å². The molecule has 0 spiro atoms. The molecule has 2 aromatic carbocycles. The molecule has 3 heteroatoms. The third-order valence-electron chi connectivity index (χ3n) is 4.18. The molecule has 138 valence electrons. The molecule has 2 aromatic rings. The van der Waals surface area contributed by atoms with Crippen LogP contribution in [0.1, 0.15) is 17.5 Å². The first kappa shape index (κ1) is 19.2. The predicted molar refractivity (Wildman–Crippen MR) is 109 cm³/mol. The van der Waals surface area contributed by atoms with Crippen molar-refractivity contribution >= 4 is 5.97 Å². The molecule has 0 radical (unpaired) electrons. The van der Waals surface area contributed by atoms with Crippen LogP contribution in [0.2, 0.25) is 0 Å². The number of aliphatic hydroxyl groups excluding tert-OH is 1. The van der Waals surface area contributed by atoms with E-state index in [1.54, 1.807) is 12.2 Å². The molecule has 28 heavy (non-hydrogen) atoms. The van der Waals surface area contributed by atoms with Crippen LogP contribution in [0, 0.1) is 29.1 Å². The first-order chi connectivity index (χ1) is 13.7. The van der Waals surface area contributed by atoms with Crippen molar-refractivity contribution in [1.29, 1.82) is 0 Å². The Hall–Kier alpha value is -3.53. The average molecular weight is 368 g/mol. The Balaban J connectivity index is 1.89. The van der Waals surface area contributed by atoms with Crippen molar-refractivity contribution in [1.82, 2.24) is 0 Å². The summed E-state index contributed by atoms with van der Waals surface area (Å²) in [6.07, 6.45) is 5.75. The number of allylic oxidation sites excluding steroid dienone is 3. The zero-order valence-electron chi connectivity index (χ0n) is 15.4. The molecule has 1 N–H and O–H groups in total. The molecular weight excluding hydrogens is 348 g/mol. The highest BCUT2D eigenvalue weighted by Gasteiger charge is 2.38. The summed E-state index contributed by atoms with van der Waals surface area (Å²) in [7, 11) is 0. The van der Waals surface area contributed by atoms with Gasteiger partial charge in [0.25, 0.3) is 0 Å². The molecule has 1 atom stereocenters. The summed E-state index contributed by atoms with van der Waals surface area (Å²) >= 11 is 0. The summed E-state index contributed by atoms with van der Waals surface area (Å²) in [6, 6.07) is 19.2. The minimum Gasteiger partial charge on any atom is -0.462 e. The topological polar surface area (TPSA) is 46.5 Å². The average Bonchev–Trinajstić information content (AvgIpc) is 2.76. The molecule has 0 bridgehead atoms. The first-order valence-electron chi connectivity index (χ1n) is 9.04. The van der Waals surface area contributed by atoms with Crippen LogP contribution in [0.4, 0.5) is 0 Å². The number of hydrogen-bond acceptors (Lipinski definition) is 3. The van der Waals surface area contributed by atoms with Crippen LogP contribution >= 0.6 is 0 Å². The van der Waals surface area contributed by atoms with Crippen molar-refractivity contribution in [2.45, 2.75) is 6.42 Å². The van der Waals surface area contributed by atoms with Crippen LogP contribution in [0.3, 0.4) is 0 Å². The number of hydrogen-bond donors (Lipinski definition) is 1. The van der Waals surface area contributed by atoms with Gasteiger partial charge in [-0.15, -0.1) is 0 Å². The van der Waals surface area contributed by atoms with Crippen molar-refractivity contribution in [3.05, 3.63) is 95.6 Å². The number of benzene rings is 2. The van der Waals surface area contributed by atoms with Crippen LogP contribution in [0.5, 0.6) is 0 Å². The number of ether oxygens (including phenoxy) is 1. The Morgan fingerprint density at radius 3 is 2.25 bits per heavy atom. The summed E-state index contributed by atoms with van der Waals surface area (Å²) in [6.45, 7) is -0.287. The molecule has 0 amide bonds. The SMILES string of the molecule is O=C(OCCO)C1(C#Cc2ccccc2)C=CC=C(C#Cc2ccccc2)C1. The van der Waals surface area contributed by atoms with Gasteiger partial charge in [0, 0.05) is 23.1 Å². The molecule has 3 nitrogen and oxygen atoms in total. The van der Waals surface area contributed by atoms with E-state index in [2.05, 4.69) is 23.7 Å². The summed E-state index contributed by atoms with van der Waals surface area (Å²) in [5.74, 6) is 11.9. The van der Waals surface area contributed by atoms with Gasteiger partial charge in [0.1, 0.15) is 6.61 Å². The van der Waals surface area contributed by atoms with Gasteiger partial charge in [-0.25, -0.2) is 0 Å². The quantitative estimate of drug-likeness (QED) is 0.666. The van der Waals surface area contributed by atoms with E-state index in [-0.39, 0.29) is 13.2 Å². The van der Waals surface area contributed by atoms with E-state index in [0.29, 0.717) is 6.42 Å². The van der Waals surface area contributed by atoms with Gasteiger partial charge in [-0.1, -0.05) is 78.3 Å². The summed E-state index contributed by atoms with van der Waals surface area (Å²) in [5, 5.41) is 9.00. The van der Waals surface area contributed by atoms with Crippen LogP contribution in [0.15, 0.2) is 84.5 Å². The first-order valence-corrected chi connectivity index (χ1v) is 9.04. The van der Waals surface area contributed by atoms with Gasteiger partial charge in [0.2, 0.25) is 0 Å². The molecule has 0 fully saturated rings. The van der Waals surface area contributed by atoms with E-state index in [0.717, 1.165) is 16.7 Å². The molecule has 0 saturated heterocycles. The highest BCUT2D eigenvalue weighted by atomic mass is 16.5. The normalized spacial score (nSPS) is 17.4. The Morgan fingerprint density at radius 1 is 0.964 bits per heavy atom. The van der Waals surface area contributed by atoms with Crippen molar-refractivity contribution in [2.75, 3.05) is 13.2 Å². The van der Waals surface area contributed by atoms with E-state index in [9.17, 15) is 4.79 Å². The number of carbonyl (C=O) groups excluding carboxylic acids is 1. The lowest BCUT2D eigenvalue weighted by molar-refractivity contribution is -0.151. The van der Waals surface area contributed by atoms with Crippen LogP contribution < -0.4 is 0 Å². The zero-order chi connectivity index (χ0) is 19.7. The number of esters is 1. The Bertz CT molecular complexity index is 996. The van der Waals surface area contributed by atoms with Gasteiger partial charge in [-0.3, -0.25) is 4.79 Å². The van der Waals surface area contributed by atoms with Crippen molar-refractivity contribution < 1.29 is 14.6 Å².